The van der Waals surface area contributed by atoms with Crippen molar-refractivity contribution in [2.75, 3.05) is 45.9 Å². The molecule has 2 N–H and O–H groups in total. The molecule has 4 heterocycles. The number of nitrogens with one attached hydrogen (secondary N) is 2. The number of esters is 2. The Bertz CT molecular complexity index is 2120. The van der Waals surface area contributed by atoms with Crippen LogP contribution in [0.25, 0.3) is 10.2 Å². The first-order chi connectivity index (χ1) is 27.0. The summed E-state index contributed by atoms with van der Waals surface area (Å²) < 4.78 is 93.6. The number of nitrogens with zero attached hydrogens (tertiary/aromatic N) is 2. The number of carbonyl (C=O) groups excluding carboxylic acids is 3. The third kappa shape index (κ3) is 10.6. The van der Waals surface area contributed by atoms with Crippen molar-refractivity contribution in [3.8, 4) is 5.75 Å². The molecule has 6 rings (SSSR count). The van der Waals surface area contributed by atoms with Gasteiger partial charge in [-0.1, -0.05) is 48.9 Å². The van der Waals surface area contributed by atoms with Gasteiger partial charge in [-0.2, -0.15) is 26.3 Å². The van der Waals surface area contributed by atoms with Gasteiger partial charge in [-0.3, -0.25) is 14.5 Å². The van der Waals surface area contributed by atoms with Crippen LogP contribution in [-0.2, 0) is 38.4 Å². The van der Waals surface area contributed by atoms with Crippen molar-refractivity contribution in [1.29, 1.82) is 0 Å². The lowest BCUT2D eigenvalue weighted by molar-refractivity contribution is -0.205. The molecular weight excluding hydrogens is 803 g/mol. The van der Waals surface area contributed by atoms with Crippen molar-refractivity contribution in [3.05, 3.63) is 84.6 Å². The Labute approximate surface area is 330 Å². The number of thiazole rings is 1. The van der Waals surface area contributed by atoms with Crippen LogP contribution in [0.4, 0.5) is 26.3 Å². The Morgan fingerprint density at radius 3 is 2.44 bits per heavy atom. The monoisotopic (exact) mass is 842 g/mol. The lowest BCUT2D eigenvalue weighted by Crippen LogP contribution is -2.57. The molecule has 2 saturated heterocycles. The van der Waals surface area contributed by atoms with E-state index < -0.39 is 41.0 Å². The number of thiophene rings is 1. The van der Waals surface area contributed by atoms with Crippen molar-refractivity contribution in [2.24, 2.45) is 0 Å². The van der Waals surface area contributed by atoms with Gasteiger partial charge in [0.25, 0.3) is 5.91 Å². The van der Waals surface area contributed by atoms with Crippen LogP contribution >= 0.6 is 22.7 Å². The van der Waals surface area contributed by atoms with Gasteiger partial charge in [0, 0.05) is 48.5 Å². The molecule has 2 aromatic heterocycles. The Morgan fingerprint density at radius 2 is 1.72 bits per heavy atom. The largest absolute Gasteiger partial charge is 0.491 e. The number of carbonyl (C=O) groups is 3. The van der Waals surface area contributed by atoms with Crippen LogP contribution in [0, 0.1) is 0 Å². The number of aromatic amines is 1. The summed E-state index contributed by atoms with van der Waals surface area (Å²) in [6.07, 6.45) is -8.35. The number of aromatic nitrogens is 1. The zero-order valence-corrected chi connectivity index (χ0v) is 32.4. The van der Waals surface area contributed by atoms with Crippen LogP contribution in [0.3, 0.4) is 0 Å². The van der Waals surface area contributed by atoms with Crippen molar-refractivity contribution >= 4 is 50.7 Å². The van der Waals surface area contributed by atoms with Crippen LogP contribution in [0.1, 0.15) is 64.2 Å². The molecule has 1 spiro atoms. The van der Waals surface area contributed by atoms with Crippen molar-refractivity contribution in [3.63, 3.8) is 0 Å². The third-order valence-electron chi connectivity index (χ3n) is 9.85. The number of halogens is 6. The maximum Gasteiger partial charge on any atom is 0.491 e. The number of hydrogen-bond acceptors (Lipinski definition) is 11. The van der Waals surface area contributed by atoms with Crippen molar-refractivity contribution in [2.45, 2.75) is 69.6 Å². The maximum absolute atomic E-state index is 13.3. The number of likely N-dealkylation sites (tertiary alicyclic amines) is 1. The molecule has 1 amide bonds. The predicted molar refractivity (Wildman–Crippen MR) is 199 cm³/mol. The van der Waals surface area contributed by atoms with E-state index in [0.29, 0.717) is 44.0 Å². The highest BCUT2D eigenvalue weighted by atomic mass is 32.1. The molecule has 2 aliphatic heterocycles. The van der Waals surface area contributed by atoms with E-state index >= 15 is 0 Å². The molecule has 1 atom stereocenters. The van der Waals surface area contributed by atoms with E-state index in [4.69, 9.17) is 9.47 Å². The number of alkyl halides is 6. The number of ether oxygens (including phenoxy) is 3. The Hall–Kier alpha value is -4.30. The summed E-state index contributed by atoms with van der Waals surface area (Å²) in [6.45, 7) is 5.84. The predicted octanol–water partition coefficient (Wildman–Crippen LogP) is 6.56. The average Bonchev–Trinajstić information content (AvgIpc) is 3.80. The molecule has 0 bridgehead atoms. The van der Waals surface area contributed by atoms with Crippen molar-refractivity contribution in [1.82, 2.24) is 20.1 Å². The second kappa shape index (κ2) is 17.7. The van der Waals surface area contributed by atoms with E-state index in [1.165, 1.54) is 4.88 Å². The highest BCUT2D eigenvalue weighted by Gasteiger charge is 2.44. The molecule has 0 radical (unpaired) electrons. The van der Waals surface area contributed by atoms with Gasteiger partial charge in [-0.15, -0.1) is 11.3 Å². The zero-order valence-electron chi connectivity index (χ0n) is 30.7. The summed E-state index contributed by atoms with van der Waals surface area (Å²) in [6, 6.07) is 11.8. The Kier molecular flexibility index (Phi) is 13.1. The van der Waals surface area contributed by atoms with Crippen LogP contribution < -0.4 is 14.9 Å². The fourth-order valence-corrected chi connectivity index (χ4v) is 8.91. The highest BCUT2D eigenvalue weighted by Crippen LogP contribution is 2.36. The average molecular weight is 843 g/mol. The molecule has 0 unspecified atom stereocenters. The summed E-state index contributed by atoms with van der Waals surface area (Å²) in [5, 5.41) is 4.92. The van der Waals surface area contributed by atoms with Gasteiger partial charge in [-0.25, -0.2) is 9.59 Å². The normalized spacial score (nSPS) is 16.9. The van der Waals surface area contributed by atoms with Gasteiger partial charge in [0.2, 0.25) is 0 Å². The van der Waals surface area contributed by atoms with Gasteiger partial charge < -0.3 is 29.4 Å². The van der Waals surface area contributed by atoms with Gasteiger partial charge in [0.1, 0.15) is 11.6 Å². The fraction of sp³-hybridized carbons (Fsp3) is 0.474. The lowest BCUT2D eigenvalue weighted by Gasteiger charge is -2.47. The molecule has 2 aliphatic rings. The number of fused-ring (bicyclic) bond motifs is 1. The smallest absolute Gasteiger partial charge is 0.449 e. The van der Waals surface area contributed by atoms with Crippen LogP contribution in [0.2, 0.25) is 0 Å². The van der Waals surface area contributed by atoms with E-state index in [-0.39, 0.29) is 40.4 Å². The quantitative estimate of drug-likeness (QED) is 0.0666. The van der Waals surface area contributed by atoms with Crippen LogP contribution in [0.5, 0.6) is 5.75 Å². The van der Waals surface area contributed by atoms with E-state index in [0.717, 1.165) is 67.6 Å². The maximum atomic E-state index is 13.3. The minimum absolute atomic E-state index is 0.0463. The molecular formula is C38H40F6N4O7S2. The SMILES string of the molecule is CCCc1cc(C(=O)N2CCOC3(CCN(Cc4cccc(CCNC[C@H](OC(=O)C(F)(F)F)c5ccc(OC(=O)C(F)(F)F)c6[nH]c(=O)sc56)c4)CC3)C2)cs1. The van der Waals surface area contributed by atoms with Gasteiger partial charge in [-0.05, 0) is 61.6 Å². The molecule has 11 nitrogen and oxygen atoms in total. The molecule has 4 aromatic rings. The van der Waals surface area contributed by atoms with E-state index in [1.807, 2.05) is 40.6 Å². The molecule has 0 aliphatic carbocycles. The number of morpholine rings is 1. The number of amides is 1. The first kappa shape index (κ1) is 42.3. The molecule has 308 valence electrons. The summed E-state index contributed by atoms with van der Waals surface area (Å²) in [5.74, 6) is -5.70. The molecule has 19 heteroatoms. The molecule has 2 aromatic carbocycles. The number of rotatable bonds is 13. The third-order valence-corrected chi connectivity index (χ3v) is 11.8. The Morgan fingerprint density at radius 1 is 0.982 bits per heavy atom. The lowest BCUT2D eigenvalue weighted by atomic mass is 9.89. The standard InChI is InChI=1S/C38H40F6N4O7S2/c1-2-4-26-18-25(21-56-26)32(49)48-15-16-53-36(22-48)10-13-47(14-11-36)20-24-6-3-5-23(17-24)9-12-45-19-29(55-34(51)38(42,43)44)27-7-8-28(54-33(50)37(39,40)41)30-31(27)57-35(52)46-30/h3,5-8,17-18,21,29,45H,2,4,9-16,19-20,22H2,1H3,(H,46,52)/t29-/m0/s1. The van der Waals surface area contributed by atoms with Gasteiger partial charge in [0.05, 0.1) is 29.0 Å². The summed E-state index contributed by atoms with van der Waals surface area (Å²) >= 11 is 2.06. The topological polar surface area (TPSA) is 130 Å². The number of H-pyrrole nitrogens is 1. The Balaban J connectivity index is 1.04. The second-order valence-electron chi connectivity index (χ2n) is 14.0. The number of aryl methyl sites for hydroxylation is 1. The number of piperidine rings is 1. The number of hydrogen-bond donors (Lipinski definition) is 2. The minimum Gasteiger partial charge on any atom is -0.449 e. The van der Waals surface area contributed by atoms with Gasteiger partial charge >= 0.3 is 29.2 Å². The van der Waals surface area contributed by atoms with Gasteiger partial charge in [0.15, 0.2) is 5.75 Å². The molecule has 2 fully saturated rings. The summed E-state index contributed by atoms with van der Waals surface area (Å²) in [7, 11) is 0. The van der Waals surface area contributed by atoms with E-state index in [9.17, 15) is 45.5 Å². The number of benzene rings is 2. The second-order valence-corrected chi connectivity index (χ2v) is 16.0. The van der Waals surface area contributed by atoms with Crippen LogP contribution in [0.15, 0.2) is 52.6 Å². The highest BCUT2D eigenvalue weighted by molar-refractivity contribution is 7.16. The molecule has 0 saturated carbocycles. The summed E-state index contributed by atoms with van der Waals surface area (Å²) in [4.78, 5) is 55.8. The van der Waals surface area contributed by atoms with E-state index in [1.54, 1.807) is 11.3 Å². The van der Waals surface area contributed by atoms with E-state index in [2.05, 4.69) is 26.9 Å². The zero-order chi connectivity index (χ0) is 41.0. The summed E-state index contributed by atoms with van der Waals surface area (Å²) in [5.41, 5.74) is 1.85. The van der Waals surface area contributed by atoms with Crippen LogP contribution in [-0.4, -0.2) is 96.5 Å². The first-order valence-corrected chi connectivity index (χ1v) is 20.0. The minimum atomic E-state index is -5.36. The first-order valence-electron chi connectivity index (χ1n) is 18.3. The molecule has 57 heavy (non-hydrogen) atoms. The van der Waals surface area contributed by atoms with Crippen molar-refractivity contribution < 1.29 is 54.9 Å². The fourth-order valence-electron chi connectivity index (χ4n) is 7.04.